The van der Waals surface area contributed by atoms with Gasteiger partial charge in [0, 0.05) is 4.90 Å². The van der Waals surface area contributed by atoms with Crippen molar-refractivity contribution in [3.63, 3.8) is 0 Å². The summed E-state index contributed by atoms with van der Waals surface area (Å²) in [7, 11) is 5.15. The van der Waals surface area contributed by atoms with Crippen LogP contribution < -0.4 is 0 Å². The molecule has 0 aromatic heterocycles. The van der Waals surface area contributed by atoms with Gasteiger partial charge >= 0.3 is 0 Å². The predicted molar refractivity (Wildman–Crippen MR) is 57.2 cm³/mol. The van der Waals surface area contributed by atoms with Crippen LogP contribution in [0, 0.1) is 10.7 Å². The van der Waals surface area contributed by atoms with E-state index in [1.165, 1.54) is 9.79 Å². The minimum atomic E-state index is -0.102. The molecule has 1 unspecified atom stereocenters. The summed E-state index contributed by atoms with van der Waals surface area (Å²) in [6, 6.07) is 8.47. The number of thioether (sulfide) groups is 1. The van der Waals surface area contributed by atoms with Crippen molar-refractivity contribution >= 4 is 26.8 Å². The lowest BCUT2D eigenvalue weighted by atomic mass is 10.4. The normalized spacial score (nSPS) is 13.2. The Morgan fingerprint density at radius 3 is 2.33 bits per heavy atom. The maximum atomic E-state index is 5.25. The standard InChI is InChI=1S/C9H12ClS2/c1-3-12(10)9-6-4-8(11-2)5-7-9/h3-7,10H,1-2H3/q+1. The molecule has 1 aromatic carbocycles. The van der Waals surface area contributed by atoms with Gasteiger partial charge in [-0.1, -0.05) is 0 Å². The Labute approximate surface area is 84.8 Å². The fourth-order valence-corrected chi connectivity index (χ4v) is 2.26. The zero-order chi connectivity index (χ0) is 8.97. The summed E-state index contributed by atoms with van der Waals surface area (Å²) < 4.78 is 0. The molecule has 1 atom stereocenters. The first-order valence-electron chi connectivity index (χ1n) is 3.62. The molecular weight excluding hydrogens is 208 g/mol. The summed E-state index contributed by atoms with van der Waals surface area (Å²) >= 11 is 1.76. The van der Waals surface area contributed by atoms with E-state index in [2.05, 4.69) is 35.9 Å². The van der Waals surface area contributed by atoms with Crippen LogP contribution in [0.2, 0.25) is 0 Å². The van der Waals surface area contributed by atoms with Crippen LogP contribution in [0.5, 0.6) is 0 Å². The molecule has 0 aliphatic heterocycles. The lowest BCUT2D eigenvalue weighted by molar-refractivity contribution is -0.139. The van der Waals surface area contributed by atoms with E-state index >= 15 is 0 Å². The average molecular weight is 220 g/mol. The van der Waals surface area contributed by atoms with Crippen LogP contribution in [0.15, 0.2) is 34.1 Å². The molecule has 0 heterocycles. The van der Waals surface area contributed by atoms with E-state index in [9.17, 15) is 0 Å². The molecule has 0 saturated carbocycles. The van der Waals surface area contributed by atoms with E-state index < -0.39 is 0 Å². The zero-order valence-electron chi connectivity index (χ0n) is 7.11. The first-order chi connectivity index (χ1) is 5.77. The summed E-state index contributed by atoms with van der Waals surface area (Å²) in [4.78, 5) is 2.53. The molecule has 1 rings (SSSR count). The van der Waals surface area contributed by atoms with Crippen molar-refractivity contribution in [3.8, 4) is 0 Å². The van der Waals surface area contributed by atoms with Gasteiger partial charge in [0.1, 0.15) is 9.70 Å². The summed E-state index contributed by atoms with van der Waals surface area (Å²) in [6.07, 6.45) is 2.08. The second kappa shape index (κ2) is 4.95. The lowest BCUT2D eigenvalue weighted by Crippen LogP contribution is -1.74. The van der Waals surface area contributed by atoms with Crippen molar-refractivity contribution in [1.82, 2.24) is 0 Å². The highest BCUT2D eigenvalue weighted by Crippen LogP contribution is 2.25. The minimum Gasteiger partial charge on any atom is -0.130 e. The maximum Gasteiger partial charge on any atom is 0.186 e. The Kier molecular flexibility index (Phi) is 4.19. The van der Waals surface area contributed by atoms with Crippen LogP contribution in [0.3, 0.4) is 0 Å². The molecule has 0 fully saturated rings. The minimum absolute atomic E-state index is 0.102. The SMILES string of the molecule is C/C=S(\[ClH+])c1ccc(SC)cc1. The molecule has 66 valence electrons. The summed E-state index contributed by atoms with van der Waals surface area (Å²) in [5.74, 6) is 0. The molecule has 0 amide bonds. The molecule has 0 N–H and O–H groups in total. The number of hydrogen-bond donors (Lipinski definition) is 0. The van der Waals surface area contributed by atoms with Crippen molar-refractivity contribution in [2.24, 2.45) is 0 Å². The molecule has 1 aromatic rings. The van der Waals surface area contributed by atoms with Gasteiger partial charge < -0.3 is 0 Å². The zero-order valence-corrected chi connectivity index (χ0v) is 9.56. The topological polar surface area (TPSA) is 0 Å². The van der Waals surface area contributed by atoms with Gasteiger partial charge in [-0.25, -0.2) is 0 Å². The predicted octanol–water partition coefficient (Wildman–Crippen LogP) is 3.06. The molecule has 3 heteroatoms. The van der Waals surface area contributed by atoms with Crippen molar-refractivity contribution in [2.75, 3.05) is 6.26 Å². The van der Waals surface area contributed by atoms with Gasteiger partial charge in [-0.05, 0) is 42.8 Å². The van der Waals surface area contributed by atoms with Crippen LogP contribution in [-0.2, 0) is 0 Å². The molecule has 12 heavy (non-hydrogen) atoms. The van der Waals surface area contributed by atoms with E-state index in [1.54, 1.807) is 11.8 Å². The van der Waals surface area contributed by atoms with Crippen LogP contribution in [0.25, 0.3) is 0 Å². The van der Waals surface area contributed by atoms with Gasteiger partial charge in [-0.3, -0.25) is 0 Å². The molecule has 0 radical (unpaired) electrons. The maximum absolute atomic E-state index is 5.25. The van der Waals surface area contributed by atoms with Crippen LogP contribution in [0.4, 0.5) is 0 Å². The number of benzene rings is 1. The first-order valence-corrected chi connectivity index (χ1v) is 7.06. The van der Waals surface area contributed by atoms with E-state index in [0.717, 1.165) is 0 Å². The summed E-state index contributed by atoms with van der Waals surface area (Å²) in [6.45, 7) is 2.01. The van der Waals surface area contributed by atoms with Crippen molar-refractivity contribution in [1.29, 1.82) is 0 Å². The number of rotatable bonds is 2. The number of hydrogen-bond acceptors (Lipinski definition) is 1. The largest absolute Gasteiger partial charge is 0.186 e. The van der Waals surface area contributed by atoms with Gasteiger partial charge in [0.05, 0.1) is 4.90 Å². The molecule has 0 spiro atoms. The highest BCUT2D eigenvalue weighted by molar-refractivity contribution is 8.08. The quantitative estimate of drug-likeness (QED) is 0.544. The smallest absolute Gasteiger partial charge is 0.130 e. The van der Waals surface area contributed by atoms with Crippen LogP contribution in [-0.4, -0.2) is 11.6 Å². The third kappa shape index (κ3) is 2.54. The molecule has 0 bridgehead atoms. The molecular formula is C9H12ClS2+. The Morgan fingerprint density at radius 2 is 1.92 bits per heavy atom. The van der Waals surface area contributed by atoms with E-state index in [1.807, 2.05) is 6.92 Å². The fraction of sp³-hybridized carbons (Fsp3) is 0.222. The van der Waals surface area contributed by atoms with Gasteiger partial charge in [-0.15, -0.1) is 11.8 Å². The molecule has 0 aliphatic rings. The Hall–Kier alpha value is 0.0800. The molecule has 0 saturated heterocycles. The fourth-order valence-electron chi connectivity index (χ4n) is 0.846. The Balaban J connectivity index is 2.92. The van der Waals surface area contributed by atoms with Crippen molar-refractivity contribution < 1.29 is 10.7 Å². The third-order valence-corrected chi connectivity index (χ3v) is 4.57. The second-order valence-corrected chi connectivity index (χ2v) is 5.70. The third-order valence-electron chi connectivity index (χ3n) is 1.51. The van der Waals surface area contributed by atoms with Crippen molar-refractivity contribution in [2.45, 2.75) is 16.7 Å². The molecule has 0 nitrogen and oxygen atoms in total. The Bertz CT molecular complexity index is 277. The lowest BCUT2D eigenvalue weighted by Gasteiger charge is -1.96. The monoisotopic (exact) mass is 219 g/mol. The Morgan fingerprint density at radius 1 is 1.33 bits per heavy atom. The van der Waals surface area contributed by atoms with Gasteiger partial charge in [0.2, 0.25) is 0 Å². The van der Waals surface area contributed by atoms with E-state index in [-0.39, 0.29) is 9.70 Å². The van der Waals surface area contributed by atoms with Gasteiger partial charge in [0.15, 0.2) is 10.7 Å². The van der Waals surface area contributed by atoms with Gasteiger partial charge in [-0.2, -0.15) is 0 Å². The highest BCUT2D eigenvalue weighted by Gasteiger charge is 2.01. The average Bonchev–Trinajstić information content (AvgIpc) is 2.17. The highest BCUT2D eigenvalue weighted by atomic mass is 35.7. The molecule has 0 aliphatic carbocycles. The van der Waals surface area contributed by atoms with Crippen LogP contribution in [0.1, 0.15) is 6.92 Å². The van der Waals surface area contributed by atoms with E-state index in [4.69, 9.17) is 10.7 Å². The van der Waals surface area contributed by atoms with Crippen molar-refractivity contribution in [3.05, 3.63) is 24.3 Å². The summed E-state index contributed by atoms with van der Waals surface area (Å²) in [5, 5.41) is 2.06. The summed E-state index contributed by atoms with van der Waals surface area (Å²) in [5.41, 5.74) is 0. The number of halogens is 1. The first kappa shape index (κ1) is 10.2. The second-order valence-electron chi connectivity index (χ2n) is 2.21. The van der Waals surface area contributed by atoms with Gasteiger partial charge in [0.25, 0.3) is 0 Å². The van der Waals surface area contributed by atoms with Crippen LogP contribution >= 0.6 is 21.5 Å². The van der Waals surface area contributed by atoms with E-state index in [0.29, 0.717) is 0 Å².